The molecule has 0 saturated carbocycles. The lowest BCUT2D eigenvalue weighted by Crippen LogP contribution is -2.46. The quantitative estimate of drug-likeness (QED) is 0.582. The highest BCUT2D eigenvalue weighted by Gasteiger charge is 2.30. The van der Waals surface area contributed by atoms with Crippen LogP contribution < -0.4 is 5.32 Å². The van der Waals surface area contributed by atoms with E-state index in [9.17, 15) is 0 Å². The van der Waals surface area contributed by atoms with Gasteiger partial charge < -0.3 is 19.5 Å². The smallest absolute Gasteiger partial charge is 0.194 e. The van der Waals surface area contributed by atoms with Crippen LogP contribution in [-0.4, -0.2) is 72.9 Å². The Morgan fingerprint density at radius 2 is 2.04 bits per heavy atom. The van der Waals surface area contributed by atoms with Crippen LogP contribution in [0.1, 0.15) is 57.4 Å². The van der Waals surface area contributed by atoms with E-state index in [1.54, 1.807) is 0 Å². The Kier molecular flexibility index (Phi) is 7.52. The number of guanidine groups is 1. The van der Waals surface area contributed by atoms with Crippen LogP contribution in [-0.2, 0) is 11.3 Å². The highest BCUT2D eigenvalue weighted by atomic mass is 16.5. The molecule has 7 heteroatoms. The number of ether oxygens (including phenoxy) is 1. The van der Waals surface area contributed by atoms with Crippen molar-refractivity contribution in [1.82, 2.24) is 20.3 Å². The minimum Gasteiger partial charge on any atom is -0.379 e. The molecule has 0 spiro atoms. The van der Waals surface area contributed by atoms with Gasteiger partial charge in [-0.2, -0.15) is 0 Å². The second-order valence-corrected chi connectivity index (χ2v) is 7.44. The van der Waals surface area contributed by atoms with E-state index in [-0.39, 0.29) is 0 Å². The summed E-state index contributed by atoms with van der Waals surface area (Å²) in [5.74, 6) is 2.30. The van der Waals surface area contributed by atoms with Crippen molar-refractivity contribution in [2.45, 2.75) is 58.5 Å². The first-order valence-electron chi connectivity index (χ1n) is 10.6. The second-order valence-electron chi connectivity index (χ2n) is 7.44. The van der Waals surface area contributed by atoms with E-state index in [1.165, 1.54) is 6.42 Å². The SMILES string of the molecule is CCNC(=NCc1cc(C(CC)CC)no1)N1CCC(N2CCOCC2)C1. The molecule has 0 aliphatic carbocycles. The highest BCUT2D eigenvalue weighted by Crippen LogP contribution is 2.23. The summed E-state index contributed by atoms with van der Waals surface area (Å²) < 4.78 is 11.0. The van der Waals surface area contributed by atoms with Gasteiger partial charge in [0.25, 0.3) is 0 Å². The number of aliphatic imine (C=N–C) groups is 1. The summed E-state index contributed by atoms with van der Waals surface area (Å²) in [6.07, 6.45) is 3.36. The van der Waals surface area contributed by atoms with Crippen LogP contribution in [0.15, 0.2) is 15.6 Å². The van der Waals surface area contributed by atoms with Crippen molar-refractivity contribution in [3.63, 3.8) is 0 Å². The van der Waals surface area contributed by atoms with Crippen molar-refractivity contribution < 1.29 is 9.26 Å². The predicted molar refractivity (Wildman–Crippen MR) is 107 cm³/mol. The van der Waals surface area contributed by atoms with Crippen molar-refractivity contribution in [1.29, 1.82) is 0 Å². The van der Waals surface area contributed by atoms with Crippen molar-refractivity contribution in [3.8, 4) is 0 Å². The molecule has 1 unspecified atom stereocenters. The molecule has 7 nitrogen and oxygen atoms in total. The lowest BCUT2D eigenvalue weighted by molar-refractivity contribution is 0.0195. The minimum absolute atomic E-state index is 0.479. The van der Waals surface area contributed by atoms with E-state index in [0.717, 1.165) is 76.2 Å². The molecule has 1 aromatic heterocycles. The van der Waals surface area contributed by atoms with E-state index in [1.807, 2.05) is 0 Å². The number of morpholine rings is 1. The molecule has 2 saturated heterocycles. The standard InChI is InChI=1S/C20H35N5O2/c1-4-16(5-2)19-13-18(27-23-19)14-22-20(21-6-3)25-8-7-17(15-25)24-9-11-26-12-10-24/h13,16-17H,4-12,14-15H2,1-3H3,(H,21,22). The first-order chi connectivity index (χ1) is 13.2. The van der Waals surface area contributed by atoms with Crippen LogP contribution in [0.4, 0.5) is 0 Å². The Balaban J connectivity index is 1.60. The van der Waals surface area contributed by atoms with Gasteiger partial charge in [-0.1, -0.05) is 19.0 Å². The van der Waals surface area contributed by atoms with Gasteiger partial charge >= 0.3 is 0 Å². The van der Waals surface area contributed by atoms with Crippen LogP contribution in [0.25, 0.3) is 0 Å². The largest absolute Gasteiger partial charge is 0.379 e. The Bertz CT molecular complexity index is 593. The molecular formula is C20H35N5O2. The van der Waals surface area contributed by atoms with Crippen molar-refractivity contribution in [3.05, 3.63) is 17.5 Å². The number of nitrogens with zero attached hydrogens (tertiary/aromatic N) is 4. The molecular weight excluding hydrogens is 342 g/mol. The summed E-state index contributed by atoms with van der Waals surface area (Å²) in [4.78, 5) is 9.76. The van der Waals surface area contributed by atoms with Gasteiger partial charge in [-0.25, -0.2) is 4.99 Å². The van der Waals surface area contributed by atoms with Gasteiger partial charge in [0.05, 0.1) is 18.9 Å². The highest BCUT2D eigenvalue weighted by molar-refractivity contribution is 5.80. The summed E-state index contributed by atoms with van der Waals surface area (Å²) in [5, 5.41) is 7.70. The van der Waals surface area contributed by atoms with E-state index >= 15 is 0 Å². The molecule has 1 atom stereocenters. The Morgan fingerprint density at radius 3 is 2.74 bits per heavy atom. The van der Waals surface area contributed by atoms with E-state index in [2.05, 4.69) is 47.1 Å². The van der Waals surface area contributed by atoms with Gasteiger partial charge in [-0.15, -0.1) is 0 Å². The van der Waals surface area contributed by atoms with E-state index < -0.39 is 0 Å². The van der Waals surface area contributed by atoms with Gasteiger partial charge in [0.2, 0.25) is 0 Å². The summed E-state index contributed by atoms with van der Waals surface area (Å²) in [6.45, 7) is 13.8. The van der Waals surface area contributed by atoms with Crippen molar-refractivity contribution in [2.24, 2.45) is 4.99 Å². The molecule has 1 N–H and O–H groups in total. The molecule has 3 rings (SSSR count). The van der Waals surface area contributed by atoms with Gasteiger partial charge in [0, 0.05) is 50.7 Å². The number of aromatic nitrogens is 1. The molecule has 1 aromatic rings. The molecule has 2 fully saturated rings. The fourth-order valence-corrected chi connectivity index (χ4v) is 4.06. The van der Waals surface area contributed by atoms with Crippen LogP contribution in [0.3, 0.4) is 0 Å². The summed E-state index contributed by atoms with van der Waals surface area (Å²) in [6, 6.07) is 2.68. The van der Waals surface area contributed by atoms with Crippen LogP contribution in [0.5, 0.6) is 0 Å². The number of likely N-dealkylation sites (tertiary alicyclic amines) is 1. The Labute approximate surface area is 163 Å². The third-order valence-corrected chi connectivity index (χ3v) is 5.73. The zero-order chi connectivity index (χ0) is 19.1. The maximum atomic E-state index is 5.53. The van der Waals surface area contributed by atoms with Crippen LogP contribution in [0.2, 0.25) is 0 Å². The summed E-state index contributed by atoms with van der Waals surface area (Å²) in [5.41, 5.74) is 1.06. The maximum absolute atomic E-state index is 5.53. The van der Waals surface area contributed by atoms with E-state index in [0.29, 0.717) is 18.5 Å². The van der Waals surface area contributed by atoms with Crippen LogP contribution in [0, 0.1) is 0 Å². The molecule has 0 radical (unpaired) electrons. The van der Waals surface area contributed by atoms with E-state index in [4.69, 9.17) is 14.3 Å². The normalized spacial score (nSPS) is 22.0. The lowest BCUT2D eigenvalue weighted by atomic mass is 9.99. The fourth-order valence-electron chi connectivity index (χ4n) is 4.06. The van der Waals surface area contributed by atoms with Crippen LogP contribution >= 0.6 is 0 Å². The molecule has 0 amide bonds. The molecule has 152 valence electrons. The third kappa shape index (κ3) is 5.23. The average Bonchev–Trinajstić information content (AvgIpc) is 3.37. The zero-order valence-electron chi connectivity index (χ0n) is 17.1. The lowest BCUT2D eigenvalue weighted by Gasteiger charge is -2.32. The van der Waals surface area contributed by atoms with Crippen molar-refractivity contribution >= 4 is 5.96 Å². The predicted octanol–water partition coefficient (Wildman–Crippen LogP) is 2.45. The first kappa shape index (κ1) is 20.1. The molecule has 2 aliphatic rings. The third-order valence-electron chi connectivity index (χ3n) is 5.73. The molecule has 0 aromatic carbocycles. The van der Waals surface area contributed by atoms with Gasteiger partial charge in [0.1, 0.15) is 6.54 Å². The molecule has 3 heterocycles. The molecule has 2 aliphatic heterocycles. The monoisotopic (exact) mass is 377 g/mol. The van der Waals surface area contributed by atoms with Crippen molar-refractivity contribution in [2.75, 3.05) is 45.9 Å². The van der Waals surface area contributed by atoms with Gasteiger partial charge in [0.15, 0.2) is 11.7 Å². The number of hydrogen-bond donors (Lipinski definition) is 1. The Morgan fingerprint density at radius 1 is 1.26 bits per heavy atom. The topological polar surface area (TPSA) is 66.1 Å². The fraction of sp³-hybridized carbons (Fsp3) is 0.800. The zero-order valence-corrected chi connectivity index (χ0v) is 17.1. The molecule has 0 bridgehead atoms. The maximum Gasteiger partial charge on any atom is 0.194 e. The number of rotatable bonds is 7. The second kappa shape index (κ2) is 10.1. The van der Waals surface area contributed by atoms with Gasteiger partial charge in [-0.3, -0.25) is 4.90 Å². The molecule has 27 heavy (non-hydrogen) atoms. The number of nitrogens with one attached hydrogen (secondary N) is 1. The number of hydrogen-bond acceptors (Lipinski definition) is 5. The average molecular weight is 378 g/mol. The Hall–Kier alpha value is -1.60. The minimum atomic E-state index is 0.479. The summed E-state index contributed by atoms with van der Waals surface area (Å²) in [7, 11) is 0. The van der Waals surface area contributed by atoms with Gasteiger partial charge in [-0.05, 0) is 26.2 Å². The first-order valence-corrected chi connectivity index (χ1v) is 10.6. The summed E-state index contributed by atoms with van der Waals surface area (Å²) >= 11 is 0.